The number of rotatable bonds is 6. The predicted molar refractivity (Wildman–Crippen MR) is 130 cm³/mol. The van der Waals surface area contributed by atoms with Gasteiger partial charge in [-0.25, -0.2) is 4.68 Å². The van der Waals surface area contributed by atoms with Crippen LogP contribution in [-0.4, -0.2) is 26.3 Å². The molecule has 0 spiro atoms. The predicted octanol–water partition coefficient (Wildman–Crippen LogP) is 6.43. The third-order valence-corrected chi connectivity index (χ3v) is 5.96. The number of hydrogen-bond acceptors (Lipinski definition) is 3. The van der Waals surface area contributed by atoms with Crippen molar-refractivity contribution in [1.82, 2.24) is 19.2 Å². The molecule has 0 unspecified atom stereocenters. The summed E-state index contributed by atoms with van der Waals surface area (Å²) in [6.07, 6.45) is 0. The standard InChI is InChI=1S/C25H25ClN4S/c1-18-8-14-23(15-9-18)30-24(20-10-12-22(26)13-11-20)27-29(25(30)31)17-28(3)16-21-7-5-4-6-19(21)2/h4-15H,16-17H2,1-3H3. The van der Waals surface area contributed by atoms with Crippen LogP contribution in [0.1, 0.15) is 16.7 Å². The highest BCUT2D eigenvalue weighted by Crippen LogP contribution is 2.25. The Balaban J connectivity index is 1.72. The van der Waals surface area contributed by atoms with Gasteiger partial charge in [-0.1, -0.05) is 53.6 Å². The Labute approximate surface area is 193 Å². The SMILES string of the molecule is Cc1ccc(-n2c(-c3ccc(Cl)cc3)nn(CN(C)Cc3ccccc3C)c2=S)cc1. The van der Waals surface area contributed by atoms with Gasteiger partial charge in [0.2, 0.25) is 4.77 Å². The van der Waals surface area contributed by atoms with Gasteiger partial charge in [-0.2, -0.15) is 0 Å². The molecular formula is C25H25ClN4S. The van der Waals surface area contributed by atoms with Crippen LogP contribution < -0.4 is 0 Å². The number of aromatic nitrogens is 3. The van der Waals surface area contributed by atoms with Gasteiger partial charge in [-0.05, 0) is 80.6 Å². The summed E-state index contributed by atoms with van der Waals surface area (Å²) in [4.78, 5) is 2.22. The first-order valence-corrected chi connectivity index (χ1v) is 11.0. The van der Waals surface area contributed by atoms with Gasteiger partial charge in [-0.15, -0.1) is 5.10 Å². The largest absolute Gasteiger partial charge is 0.283 e. The molecule has 4 rings (SSSR count). The monoisotopic (exact) mass is 448 g/mol. The lowest BCUT2D eigenvalue weighted by molar-refractivity contribution is 0.244. The van der Waals surface area contributed by atoms with Gasteiger partial charge in [0.15, 0.2) is 5.82 Å². The second-order valence-corrected chi connectivity index (χ2v) is 8.67. The molecule has 1 heterocycles. The zero-order chi connectivity index (χ0) is 22.0. The van der Waals surface area contributed by atoms with Crippen LogP contribution in [0.2, 0.25) is 5.02 Å². The summed E-state index contributed by atoms with van der Waals surface area (Å²) in [6.45, 7) is 5.63. The Kier molecular flexibility index (Phi) is 6.37. The third-order valence-electron chi connectivity index (χ3n) is 5.31. The fourth-order valence-corrected chi connectivity index (χ4v) is 3.99. The van der Waals surface area contributed by atoms with E-state index in [1.54, 1.807) is 0 Å². The van der Waals surface area contributed by atoms with Crippen molar-refractivity contribution in [3.63, 3.8) is 0 Å². The summed E-state index contributed by atoms with van der Waals surface area (Å²) in [5.74, 6) is 0.801. The topological polar surface area (TPSA) is 26.0 Å². The zero-order valence-electron chi connectivity index (χ0n) is 17.9. The molecule has 0 aliphatic carbocycles. The molecule has 158 valence electrons. The minimum absolute atomic E-state index is 0.590. The molecular weight excluding hydrogens is 424 g/mol. The molecule has 0 amide bonds. The quantitative estimate of drug-likeness (QED) is 0.318. The van der Waals surface area contributed by atoms with Crippen molar-refractivity contribution in [3.8, 4) is 17.1 Å². The zero-order valence-corrected chi connectivity index (χ0v) is 19.5. The lowest BCUT2D eigenvalue weighted by Gasteiger charge is -2.17. The van der Waals surface area contributed by atoms with E-state index in [2.05, 4.69) is 74.3 Å². The highest BCUT2D eigenvalue weighted by Gasteiger charge is 2.16. The summed E-state index contributed by atoms with van der Waals surface area (Å²) in [6, 6.07) is 24.5. The Morgan fingerprint density at radius 3 is 2.29 bits per heavy atom. The molecule has 31 heavy (non-hydrogen) atoms. The van der Waals surface area contributed by atoms with E-state index < -0.39 is 0 Å². The van der Waals surface area contributed by atoms with Gasteiger partial charge in [0.25, 0.3) is 0 Å². The van der Waals surface area contributed by atoms with Crippen LogP contribution in [0, 0.1) is 18.6 Å². The van der Waals surface area contributed by atoms with E-state index in [4.69, 9.17) is 28.9 Å². The first kappa shape index (κ1) is 21.5. The van der Waals surface area contributed by atoms with Crippen molar-refractivity contribution in [2.45, 2.75) is 27.1 Å². The molecule has 0 saturated heterocycles. The van der Waals surface area contributed by atoms with E-state index in [1.807, 2.05) is 33.5 Å². The fourth-order valence-electron chi connectivity index (χ4n) is 3.57. The number of nitrogens with zero attached hydrogens (tertiary/aromatic N) is 4. The van der Waals surface area contributed by atoms with Crippen molar-refractivity contribution in [1.29, 1.82) is 0 Å². The summed E-state index contributed by atoms with van der Waals surface area (Å²) in [5.41, 5.74) is 5.75. The number of aryl methyl sites for hydroxylation is 2. The van der Waals surface area contributed by atoms with Crippen molar-refractivity contribution < 1.29 is 0 Å². The smallest absolute Gasteiger partial charge is 0.204 e. The third kappa shape index (κ3) is 4.79. The first-order valence-electron chi connectivity index (χ1n) is 10.2. The normalized spacial score (nSPS) is 11.3. The van der Waals surface area contributed by atoms with Gasteiger partial charge < -0.3 is 0 Å². The van der Waals surface area contributed by atoms with Gasteiger partial charge in [-0.3, -0.25) is 9.47 Å². The Morgan fingerprint density at radius 2 is 1.61 bits per heavy atom. The molecule has 0 fully saturated rings. The van der Waals surface area contributed by atoms with E-state index >= 15 is 0 Å². The van der Waals surface area contributed by atoms with Gasteiger partial charge >= 0.3 is 0 Å². The average Bonchev–Trinajstić information content (AvgIpc) is 3.07. The molecule has 0 aliphatic heterocycles. The number of benzene rings is 3. The number of halogens is 1. The van der Waals surface area contributed by atoms with Gasteiger partial charge in [0.1, 0.15) is 0 Å². The van der Waals surface area contributed by atoms with Crippen LogP contribution >= 0.6 is 23.8 Å². The van der Waals surface area contributed by atoms with Crippen molar-refractivity contribution >= 4 is 23.8 Å². The van der Waals surface area contributed by atoms with Gasteiger partial charge in [0.05, 0.1) is 6.67 Å². The molecule has 0 radical (unpaired) electrons. The maximum absolute atomic E-state index is 6.11. The fraction of sp³-hybridized carbons (Fsp3) is 0.200. The highest BCUT2D eigenvalue weighted by molar-refractivity contribution is 7.71. The molecule has 0 N–H and O–H groups in total. The second kappa shape index (κ2) is 9.18. The van der Waals surface area contributed by atoms with Crippen LogP contribution in [0.5, 0.6) is 0 Å². The van der Waals surface area contributed by atoms with Crippen molar-refractivity contribution in [2.24, 2.45) is 0 Å². The summed E-state index contributed by atoms with van der Waals surface area (Å²) in [5, 5.41) is 5.60. The lowest BCUT2D eigenvalue weighted by Crippen LogP contribution is -2.23. The molecule has 0 bridgehead atoms. The van der Waals surface area contributed by atoms with E-state index in [0.29, 0.717) is 16.5 Å². The molecule has 1 aromatic heterocycles. The summed E-state index contributed by atoms with van der Waals surface area (Å²) < 4.78 is 4.57. The minimum Gasteiger partial charge on any atom is -0.283 e. The Hall–Kier alpha value is -2.73. The van der Waals surface area contributed by atoms with Crippen LogP contribution in [0.4, 0.5) is 0 Å². The summed E-state index contributed by atoms with van der Waals surface area (Å²) >= 11 is 12.0. The molecule has 0 saturated carbocycles. The maximum atomic E-state index is 6.11. The van der Waals surface area contributed by atoms with E-state index in [1.165, 1.54) is 16.7 Å². The van der Waals surface area contributed by atoms with Crippen LogP contribution in [-0.2, 0) is 13.2 Å². The molecule has 4 aromatic rings. The molecule has 6 heteroatoms. The van der Waals surface area contributed by atoms with E-state index in [-0.39, 0.29) is 0 Å². The highest BCUT2D eigenvalue weighted by atomic mass is 35.5. The van der Waals surface area contributed by atoms with Crippen LogP contribution in [0.25, 0.3) is 17.1 Å². The average molecular weight is 449 g/mol. The Morgan fingerprint density at radius 1 is 0.935 bits per heavy atom. The van der Waals surface area contributed by atoms with E-state index in [0.717, 1.165) is 23.6 Å². The minimum atomic E-state index is 0.590. The first-order chi connectivity index (χ1) is 14.9. The maximum Gasteiger partial charge on any atom is 0.204 e. The van der Waals surface area contributed by atoms with Crippen molar-refractivity contribution in [3.05, 3.63) is 99.3 Å². The molecule has 0 aliphatic rings. The van der Waals surface area contributed by atoms with Gasteiger partial charge in [0, 0.05) is 22.8 Å². The molecule has 4 nitrogen and oxygen atoms in total. The second-order valence-electron chi connectivity index (χ2n) is 7.87. The molecule has 0 atom stereocenters. The molecule has 3 aromatic carbocycles. The number of hydrogen-bond donors (Lipinski definition) is 0. The summed E-state index contributed by atoms with van der Waals surface area (Å²) in [7, 11) is 2.08. The lowest BCUT2D eigenvalue weighted by atomic mass is 10.1. The van der Waals surface area contributed by atoms with Crippen LogP contribution in [0.15, 0.2) is 72.8 Å². The van der Waals surface area contributed by atoms with E-state index in [9.17, 15) is 0 Å². The van der Waals surface area contributed by atoms with Crippen LogP contribution in [0.3, 0.4) is 0 Å². The Bertz CT molecular complexity index is 1240. The van der Waals surface area contributed by atoms with Crippen molar-refractivity contribution in [2.75, 3.05) is 7.05 Å².